The molecule has 0 aliphatic heterocycles. The number of hydrogen-bond acceptors (Lipinski definition) is 4. The van der Waals surface area contributed by atoms with Crippen molar-refractivity contribution < 1.29 is 24.0 Å². The Morgan fingerprint density at radius 1 is 0.793 bits per heavy atom. The van der Waals surface area contributed by atoms with Crippen molar-refractivity contribution >= 4 is 29.7 Å². The molecular formula is C23H21O5P. The highest BCUT2D eigenvalue weighted by atomic mass is 31.2. The van der Waals surface area contributed by atoms with Crippen LogP contribution in [0, 0.1) is 0 Å². The first-order chi connectivity index (χ1) is 13.9. The summed E-state index contributed by atoms with van der Waals surface area (Å²) in [4.78, 5) is 24.5. The molecule has 0 aliphatic carbocycles. The highest BCUT2D eigenvalue weighted by Crippen LogP contribution is 2.50. The van der Waals surface area contributed by atoms with Crippen LogP contribution in [0.3, 0.4) is 0 Å². The minimum Gasteiger partial charge on any atom is -0.478 e. The summed E-state index contributed by atoms with van der Waals surface area (Å²) < 4.78 is 19.7. The molecule has 0 radical (unpaired) electrons. The first-order valence-corrected chi connectivity index (χ1v) is 10.9. The quantitative estimate of drug-likeness (QED) is 0.476. The number of ether oxygens (including phenoxy) is 1. The highest BCUT2D eigenvalue weighted by molar-refractivity contribution is 7.79. The first kappa shape index (κ1) is 20.6. The van der Waals surface area contributed by atoms with Crippen molar-refractivity contribution in [2.24, 2.45) is 0 Å². The van der Waals surface area contributed by atoms with Gasteiger partial charge in [0.15, 0.2) is 0 Å². The number of carboxylic acid groups (broad SMARTS) is 1. The lowest BCUT2D eigenvalue weighted by atomic mass is 10.2. The molecule has 0 bridgehead atoms. The van der Waals surface area contributed by atoms with Crippen LogP contribution in [-0.4, -0.2) is 28.8 Å². The number of aliphatic carboxylic acids is 1. The van der Waals surface area contributed by atoms with E-state index in [9.17, 15) is 19.3 Å². The van der Waals surface area contributed by atoms with Crippen LogP contribution in [0.4, 0.5) is 0 Å². The maximum Gasteiger partial charge on any atom is 0.345 e. The molecule has 0 saturated carbocycles. The molecule has 6 heteroatoms. The average molecular weight is 408 g/mol. The molecule has 2 atom stereocenters. The summed E-state index contributed by atoms with van der Waals surface area (Å²) >= 11 is 0. The van der Waals surface area contributed by atoms with Crippen molar-refractivity contribution in [2.75, 3.05) is 0 Å². The smallest absolute Gasteiger partial charge is 0.345 e. The Bertz CT molecular complexity index is 975. The molecule has 0 aromatic heterocycles. The summed E-state index contributed by atoms with van der Waals surface area (Å²) in [6.07, 6.45) is -1.58. The molecule has 0 unspecified atom stereocenters. The van der Waals surface area contributed by atoms with Crippen molar-refractivity contribution in [3.05, 3.63) is 96.6 Å². The Hall–Kier alpha value is -3.17. The van der Waals surface area contributed by atoms with Gasteiger partial charge in [-0.2, -0.15) is 0 Å². The topological polar surface area (TPSA) is 80.7 Å². The second kappa shape index (κ2) is 8.89. The zero-order valence-electron chi connectivity index (χ0n) is 15.8. The molecule has 3 aromatic carbocycles. The Balaban J connectivity index is 2.03. The monoisotopic (exact) mass is 408 g/mol. The third kappa shape index (κ3) is 4.30. The predicted molar refractivity (Wildman–Crippen MR) is 113 cm³/mol. The summed E-state index contributed by atoms with van der Waals surface area (Å²) in [5, 5.41) is 10.8. The summed E-state index contributed by atoms with van der Waals surface area (Å²) in [6, 6.07) is 25.6. The van der Waals surface area contributed by atoms with Gasteiger partial charge in [-0.05, 0) is 12.1 Å². The molecular weight excluding hydrogens is 387 g/mol. The minimum atomic E-state index is -3.43. The van der Waals surface area contributed by atoms with E-state index in [4.69, 9.17) is 4.74 Å². The van der Waals surface area contributed by atoms with Gasteiger partial charge < -0.3 is 14.4 Å². The van der Waals surface area contributed by atoms with E-state index >= 15 is 0 Å². The molecule has 0 aliphatic rings. The fourth-order valence-corrected chi connectivity index (χ4v) is 6.26. The lowest BCUT2D eigenvalue weighted by molar-refractivity contribution is -0.147. The van der Waals surface area contributed by atoms with Gasteiger partial charge >= 0.3 is 11.9 Å². The summed E-state index contributed by atoms with van der Waals surface area (Å²) in [5.41, 5.74) is -0.738. The maximum absolute atomic E-state index is 14.3. The van der Waals surface area contributed by atoms with E-state index < -0.39 is 30.8 Å². The second-order valence-corrected chi connectivity index (χ2v) is 9.76. The predicted octanol–water partition coefficient (Wildman–Crippen LogP) is 3.70. The van der Waals surface area contributed by atoms with Gasteiger partial charge in [0.05, 0.1) is 11.2 Å². The molecule has 0 saturated heterocycles. The van der Waals surface area contributed by atoms with Gasteiger partial charge in [0.25, 0.3) is 0 Å². The molecule has 0 heterocycles. The molecule has 3 aromatic rings. The van der Waals surface area contributed by atoms with Gasteiger partial charge in [0, 0.05) is 10.6 Å². The first-order valence-electron chi connectivity index (χ1n) is 9.14. The molecule has 0 spiro atoms. The number of carbonyl (C=O) groups excluding carboxylic acids is 1. The minimum absolute atomic E-state index is 0.236. The van der Waals surface area contributed by atoms with E-state index in [1.807, 2.05) is 0 Å². The van der Waals surface area contributed by atoms with Gasteiger partial charge in [0.1, 0.15) is 7.14 Å². The van der Waals surface area contributed by atoms with E-state index in [1.165, 1.54) is 0 Å². The molecule has 29 heavy (non-hydrogen) atoms. The number of esters is 1. The Morgan fingerprint density at radius 2 is 1.21 bits per heavy atom. The van der Waals surface area contributed by atoms with Crippen LogP contribution >= 0.6 is 7.14 Å². The molecule has 0 fully saturated rings. The highest BCUT2D eigenvalue weighted by Gasteiger charge is 2.43. The van der Waals surface area contributed by atoms with E-state index in [2.05, 4.69) is 0 Å². The van der Waals surface area contributed by atoms with E-state index in [0.717, 1.165) is 0 Å². The van der Waals surface area contributed by atoms with Crippen LogP contribution in [0.5, 0.6) is 0 Å². The van der Waals surface area contributed by atoms with Crippen LogP contribution in [0.2, 0.25) is 0 Å². The molecule has 3 rings (SSSR count). The second-order valence-electron chi connectivity index (χ2n) is 6.60. The van der Waals surface area contributed by atoms with Crippen LogP contribution in [0.15, 0.2) is 91.0 Å². The summed E-state index contributed by atoms with van der Waals surface area (Å²) in [6.45, 7) is 1.55. The molecule has 0 amide bonds. The molecule has 1 N–H and O–H groups in total. The maximum atomic E-state index is 14.3. The van der Waals surface area contributed by atoms with Crippen molar-refractivity contribution in [1.29, 1.82) is 0 Å². The summed E-state index contributed by atoms with van der Waals surface area (Å²) in [7, 11) is -3.43. The molecule has 148 valence electrons. The standard InChI is InChI=1S/C23H21O5P/c1-17(21(22(24)25)28-23(26)18-11-5-2-6-12-18)29(27,19-13-7-3-8-14-19)20-15-9-4-10-16-20/h2-17,21H,1H3,(H,24,25)/t17-,21-/m1/s1. The number of carboxylic acids is 1. The van der Waals surface area contributed by atoms with Gasteiger partial charge in [-0.25, -0.2) is 9.59 Å². The van der Waals surface area contributed by atoms with Crippen molar-refractivity contribution in [2.45, 2.75) is 18.7 Å². The third-order valence-electron chi connectivity index (χ3n) is 4.78. The van der Waals surface area contributed by atoms with Gasteiger partial charge in [-0.15, -0.1) is 0 Å². The van der Waals surface area contributed by atoms with Gasteiger partial charge in [-0.3, -0.25) is 0 Å². The van der Waals surface area contributed by atoms with Crippen LogP contribution in [0.1, 0.15) is 17.3 Å². The fourth-order valence-electron chi connectivity index (χ4n) is 3.22. The van der Waals surface area contributed by atoms with E-state index in [-0.39, 0.29) is 5.56 Å². The van der Waals surface area contributed by atoms with Gasteiger partial charge in [-0.1, -0.05) is 85.8 Å². The van der Waals surface area contributed by atoms with Crippen molar-refractivity contribution in [3.63, 3.8) is 0 Å². The SMILES string of the molecule is C[C@H]([C@@H](OC(=O)c1ccccc1)C(=O)O)P(=O)(c1ccccc1)c1ccccc1. The Labute approximate surface area is 169 Å². The normalized spacial score (nSPS) is 13.3. The number of benzene rings is 3. The van der Waals surface area contributed by atoms with Crippen molar-refractivity contribution in [3.8, 4) is 0 Å². The van der Waals surface area contributed by atoms with Gasteiger partial charge in [0.2, 0.25) is 6.10 Å². The van der Waals surface area contributed by atoms with Crippen molar-refractivity contribution in [1.82, 2.24) is 0 Å². The Kier molecular flexibility index (Phi) is 6.30. The van der Waals surface area contributed by atoms with E-state index in [0.29, 0.717) is 10.6 Å². The van der Waals surface area contributed by atoms with E-state index in [1.54, 1.807) is 97.9 Å². The number of carbonyl (C=O) groups is 2. The van der Waals surface area contributed by atoms with Crippen LogP contribution in [-0.2, 0) is 14.1 Å². The van der Waals surface area contributed by atoms with Crippen LogP contribution < -0.4 is 10.6 Å². The van der Waals surface area contributed by atoms with Crippen LogP contribution in [0.25, 0.3) is 0 Å². The lowest BCUT2D eigenvalue weighted by Crippen LogP contribution is -2.40. The Morgan fingerprint density at radius 3 is 1.62 bits per heavy atom. The summed E-state index contributed by atoms with van der Waals surface area (Å²) in [5.74, 6) is -2.11. The fraction of sp³-hybridized carbons (Fsp3) is 0.130. The molecule has 5 nitrogen and oxygen atoms in total. The zero-order valence-corrected chi connectivity index (χ0v) is 16.7. The largest absolute Gasteiger partial charge is 0.478 e. The number of hydrogen-bond donors (Lipinski definition) is 1. The average Bonchev–Trinajstić information content (AvgIpc) is 2.77. The lowest BCUT2D eigenvalue weighted by Gasteiger charge is -2.29. The third-order valence-corrected chi connectivity index (χ3v) is 8.33. The number of rotatable bonds is 7. The zero-order chi connectivity index (χ0) is 20.9.